The van der Waals surface area contributed by atoms with Gasteiger partial charge in [-0.3, -0.25) is 9.69 Å². The monoisotopic (exact) mass is 534 g/mol. The van der Waals surface area contributed by atoms with Crippen LogP contribution in [0.3, 0.4) is 0 Å². The van der Waals surface area contributed by atoms with Crippen molar-refractivity contribution in [2.45, 2.75) is 71.9 Å². The van der Waals surface area contributed by atoms with Gasteiger partial charge in [0.2, 0.25) is 11.8 Å². The van der Waals surface area contributed by atoms with Gasteiger partial charge in [0.15, 0.2) is 5.96 Å². The van der Waals surface area contributed by atoms with Crippen molar-refractivity contribution in [2.75, 3.05) is 32.7 Å². The Morgan fingerprint density at radius 1 is 1.27 bits per heavy atom. The summed E-state index contributed by atoms with van der Waals surface area (Å²) in [6, 6.07) is 0.345. The van der Waals surface area contributed by atoms with Crippen LogP contribution in [-0.2, 0) is 16.8 Å². The SMILES string of the molecule is CCCNC(=O)CN1CCC(NC(=NCc2ncc(C(C)(C)C)o2)NCC)CC1.I. The van der Waals surface area contributed by atoms with Crippen molar-refractivity contribution in [3.63, 3.8) is 0 Å². The minimum absolute atomic E-state index is 0. The molecule has 0 aromatic carbocycles. The van der Waals surface area contributed by atoms with Crippen molar-refractivity contribution < 1.29 is 9.21 Å². The summed E-state index contributed by atoms with van der Waals surface area (Å²) in [5, 5.41) is 9.75. The summed E-state index contributed by atoms with van der Waals surface area (Å²) in [7, 11) is 0. The number of nitrogens with zero attached hydrogens (tertiary/aromatic N) is 3. The summed E-state index contributed by atoms with van der Waals surface area (Å²) < 4.78 is 5.83. The Morgan fingerprint density at radius 2 is 1.97 bits per heavy atom. The Morgan fingerprint density at radius 3 is 2.53 bits per heavy atom. The van der Waals surface area contributed by atoms with Crippen LogP contribution in [0.4, 0.5) is 0 Å². The quantitative estimate of drug-likeness (QED) is 0.270. The molecule has 1 aromatic heterocycles. The van der Waals surface area contributed by atoms with Crippen LogP contribution < -0.4 is 16.0 Å². The number of hydrogen-bond donors (Lipinski definition) is 3. The summed E-state index contributed by atoms with van der Waals surface area (Å²) >= 11 is 0. The number of amides is 1. The number of carbonyl (C=O) groups excluding carboxylic acids is 1. The van der Waals surface area contributed by atoms with Crippen LogP contribution >= 0.6 is 24.0 Å². The van der Waals surface area contributed by atoms with Gasteiger partial charge in [-0.2, -0.15) is 0 Å². The molecule has 1 saturated heterocycles. The highest BCUT2D eigenvalue weighted by molar-refractivity contribution is 14.0. The zero-order valence-electron chi connectivity index (χ0n) is 19.1. The van der Waals surface area contributed by atoms with Crippen LogP contribution in [0.2, 0.25) is 0 Å². The molecule has 9 heteroatoms. The fourth-order valence-electron chi connectivity index (χ4n) is 3.15. The Bertz CT molecular complexity index is 663. The molecule has 8 nitrogen and oxygen atoms in total. The second-order valence-electron chi connectivity index (χ2n) is 8.61. The Balaban J connectivity index is 0.00000450. The van der Waals surface area contributed by atoms with E-state index in [9.17, 15) is 4.79 Å². The lowest BCUT2D eigenvalue weighted by atomic mass is 9.94. The molecule has 1 aromatic rings. The first kappa shape index (κ1) is 26.7. The van der Waals surface area contributed by atoms with Crippen LogP contribution in [-0.4, -0.2) is 60.5 Å². The third-order valence-electron chi connectivity index (χ3n) is 4.88. The molecular weight excluding hydrogens is 495 g/mol. The average Bonchev–Trinajstić information content (AvgIpc) is 3.16. The number of hydrogen-bond acceptors (Lipinski definition) is 5. The van der Waals surface area contributed by atoms with E-state index < -0.39 is 0 Å². The molecule has 2 rings (SSSR count). The number of aromatic nitrogens is 1. The zero-order valence-corrected chi connectivity index (χ0v) is 21.4. The lowest BCUT2D eigenvalue weighted by molar-refractivity contribution is -0.122. The highest BCUT2D eigenvalue weighted by atomic mass is 127. The van der Waals surface area contributed by atoms with E-state index in [-0.39, 0.29) is 35.3 Å². The van der Waals surface area contributed by atoms with Gasteiger partial charge >= 0.3 is 0 Å². The molecule has 0 radical (unpaired) electrons. The van der Waals surface area contributed by atoms with Crippen molar-refractivity contribution in [3.05, 3.63) is 17.8 Å². The van der Waals surface area contributed by atoms with E-state index in [2.05, 4.69) is 65.4 Å². The Kier molecular flexibility index (Phi) is 11.7. The van der Waals surface area contributed by atoms with Crippen LogP contribution in [0.5, 0.6) is 0 Å². The molecule has 1 aliphatic heterocycles. The molecule has 30 heavy (non-hydrogen) atoms. The maximum atomic E-state index is 11.9. The molecule has 3 N–H and O–H groups in total. The first-order valence-corrected chi connectivity index (χ1v) is 10.8. The van der Waals surface area contributed by atoms with Crippen LogP contribution in [0.25, 0.3) is 0 Å². The molecule has 0 bridgehead atoms. The fraction of sp³-hybridized carbons (Fsp3) is 0.762. The predicted molar refractivity (Wildman–Crippen MR) is 131 cm³/mol. The molecule has 2 heterocycles. The van der Waals surface area contributed by atoms with E-state index in [1.165, 1.54) is 0 Å². The van der Waals surface area contributed by atoms with Gasteiger partial charge in [-0.15, -0.1) is 24.0 Å². The Hall–Kier alpha value is -1.36. The molecule has 1 amide bonds. The van der Waals surface area contributed by atoms with E-state index >= 15 is 0 Å². The van der Waals surface area contributed by atoms with Crippen LogP contribution in [0.15, 0.2) is 15.6 Å². The predicted octanol–water partition coefficient (Wildman–Crippen LogP) is 2.64. The van der Waals surface area contributed by atoms with Gasteiger partial charge in [0.05, 0.1) is 12.7 Å². The normalized spacial score (nSPS) is 16.1. The van der Waals surface area contributed by atoms with Gasteiger partial charge < -0.3 is 20.4 Å². The molecular formula is C21H39IN6O2. The van der Waals surface area contributed by atoms with Crippen molar-refractivity contribution in [2.24, 2.45) is 4.99 Å². The molecule has 0 aliphatic carbocycles. The van der Waals surface area contributed by atoms with Gasteiger partial charge in [-0.05, 0) is 26.2 Å². The minimum atomic E-state index is -0.0564. The fourth-order valence-corrected chi connectivity index (χ4v) is 3.15. The van der Waals surface area contributed by atoms with Crippen molar-refractivity contribution in [1.82, 2.24) is 25.8 Å². The van der Waals surface area contributed by atoms with Gasteiger partial charge in [0.25, 0.3) is 0 Å². The van der Waals surface area contributed by atoms with Gasteiger partial charge in [0, 0.05) is 37.6 Å². The largest absolute Gasteiger partial charge is 0.443 e. The average molecular weight is 534 g/mol. The number of oxazole rings is 1. The summed E-state index contributed by atoms with van der Waals surface area (Å²) in [5.74, 6) is 2.40. The van der Waals surface area contributed by atoms with E-state index in [0.29, 0.717) is 25.0 Å². The smallest absolute Gasteiger partial charge is 0.234 e. The Labute approximate surface area is 198 Å². The van der Waals surface area contributed by atoms with Crippen LogP contribution in [0, 0.1) is 0 Å². The highest BCUT2D eigenvalue weighted by Crippen LogP contribution is 2.22. The van der Waals surface area contributed by atoms with Crippen molar-refractivity contribution >= 4 is 35.8 Å². The standard InChI is InChI=1S/C21H38N6O2.HI/c1-6-10-23-18(28)15-27-11-8-16(9-12-27)26-20(22-7-2)25-14-19-24-13-17(29-19)21(3,4)5;/h13,16H,6-12,14-15H2,1-5H3,(H,23,28)(H2,22,25,26);1H. The number of aliphatic imine (C=N–C) groups is 1. The second kappa shape index (κ2) is 13.1. The third kappa shape index (κ3) is 9.20. The number of carbonyl (C=O) groups is 1. The maximum Gasteiger partial charge on any atom is 0.234 e. The molecule has 1 aliphatic rings. The van der Waals surface area contributed by atoms with E-state index in [1.807, 2.05) is 0 Å². The van der Waals surface area contributed by atoms with E-state index in [0.717, 1.165) is 57.2 Å². The van der Waals surface area contributed by atoms with Gasteiger partial charge in [0.1, 0.15) is 12.3 Å². The summed E-state index contributed by atoms with van der Waals surface area (Å²) in [4.78, 5) is 23.1. The second-order valence-corrected chi connectivity index (χ2v) is 8.61. The highest BCUT2D eigenvalue weighted by Gasteiger charge is 2.22. The molecule has 1 fully saturated rings. The lowest BCUT2D eigenvalue weighted by Gasteiger charge is -2.32. The molecule has 0 atom stereocenters. The summed E-state index contributed by atoms with van der Waals surface area (Å²) in [5.41, 5.74) is -0.0564. The zero-order chi connectivity index (χ0) is 21.3. The number of nitrogens with one attached hydrogen (secondary N) is 3. The molecule has 0 saturated carbocycles. The van der Waals surface area contributed by atoms with Crippen molar-refractivity contribution in [1.29, 1.82) is 0 Å². The number of piperidine rings is 1. The first-order chi connectivity index (χ1) is 13.8. The van der Waals surface area contributed by atoms with Crippen LogP contribution in [0.1, 0.15) is 65.5 Å². The lowest BCUT2D eigenvalue weighted by Crippen LogP contribution is -2.50. The van der Waals surface area contributed by atoms with Gasteiger partial charge in [-0.1, -0.05) is 27.7 Å². The topological polar surface area (TPSA) is 94.8 Å². The molecule has 0 spiro atoms. The molecule has 0 unspecified atom stereocenters. The summed E-state index contributed by atoms with van der Waals surface area (Å²) in [6.07, 6.45) is 4.73. The van der Waals surface area contributed by atoms with Crippen molar-refractivity contribution in [3.8, 4) is 0 Å². The summed E-state index contributed by atoms with van der Waals surface area (Å²) in [6.45, 7) is 14.7. The third-order valence-corrected chi connectivity index (χ3v) is 4.88. The number of likely N-dealkylation sites (tertiary alicyclic amines) is 1. The van der Waals surface area contributed by atoms with Gasteiger partial charge in [-0.25, -0.2) is 9.98 Å². The maximum absolute atomic E-state index is 11.9. The van der Waals surface area contributed by atoms with E-state index in [1.54, 1.807) is 6.20 Å². The minimum Gasteiger partial charge on any atom is -0.443 e. The number of guanidine groups is 1. The number of rotatable bonds is 8. The van der Waals surface area contributed by atoms with E-state index in [4.69, 9.17) is 4.42 Å². The number of halogens is 1. The molecule has 172 valence electrons. The first-order valence-electron chi connectivity index (χ1n) is 10.8.